The van der Waals surface area contributed by atoms with Gasteiger partial charge in [-0.3, -0.25) is 4.98 Å². The molecule has 9 aromatic rings. The molecule has 3 heterocycles. The minimum atomic E-state index is 0.459. The zero-order valence-corrected chi connectivity index (χ0v) is 25.7. The average Bonchev–Trinajstić information content (AvgIpc) is 3.18. The first-order valence-electron chi connectivity index (χ1n) is 15.8. The number of hydrogen-bond donors (Lipinski definition) is 0. The van der Waals surface area contributed by atoms with Crippen LogP contribution in [0.15, 0.2) is 158 Å². The second-order valence-electron chi connectivity index (χ2n) is 11.6. The lowest BCUT2D eigenvalue weighted by Gasteiger charge is -2.13. The van der Waals surface area contributed by atoms with Crippen LogP contribution in [-0.2, 0) is 0 Å². The van der Waals surface area contributed by atoms with Crippen molar-refractivity contribution in [3.8, 4) is 56.9 Å². The molecule has 0 atom stereocenters. The first-order chi connectivity index (χ1) is 23.8. The summed E-state index contributed by atoms with van der Waals surface area (Å²) in [6.45, 7) is 0. The van der Waals surface area contributed by atoms with E-state index in [0.29, 0.717) is 29.0 Å². The van der Waals surface area contributed by atoms with Crippen molar-refractivity contribution in [1.82, 2.24) is 29.9 Å². The fourth-order valence-electron chi connectivity index (χ4n) is 6.32. The van der Waals surface area contributed by atoms with Crippen LogP contribution < -0.4 is 0 Å². The smallest absolute Gasteiger partial charge is 0.182 e. The summed E-state index contributed by atoms with van der Waals surface area (Å²) in [6, 6.07) is 49.6. The van der Waals surface area contributed by atoms with Gasteiger partial charge in [0.2, 0.25) is 0 Å². The Morgan fingerprint density at radius 3 is 1.38 bits per heavy atom. The predicted octanol–water partition coefficient (Wildman–Crippen LogP) is 9.85. The van der Waals surface area contributed by atoms with E-state index in [1.54, 1.807) is 12.4 Å². The van der Waals surface area contributed by atoms with E-state index in [0.717, 1.165) is 27.9 Å². The lowest BCUT2D eigenvalue weighted by molar-refractivity contribution is 1.05. The van der Waals surface area contributed by atoms with Gasteiger partial charge >= 0.3 is 0 Å². The molecular weight excluding hydrogens is 589 g/mol. The fourth-order valence-corrected chi connectivity index (χ4v) is 6.32. The maximum absolute atomic E-state index is 5.12. The molecular formula is C42H26N6. The zero-order chi connectivity index (χ0) is 31.9. The number of fused-ring (bicyclic) bond motifs is 6. The van der Waals surface area contributed by atoms with Gasteiger partial charge in [-0.15, -0.1) is 0 Å². The number of benzene rings is 6. The minimum Gasteiger partial charge on any atom is -0.264 e. The summed E-state index contributed by atoms with van der Waals surface area (Å²) in [5, 5.41) is 7.29. The van der Waals surface area contributed by atoms with Crippen LogP contribution in [0.5, 0.6) is 0 Å². The van der Waals surface area contributed by atoms with E-state index in [1.165, 1.54) is 32.3 Å². The molecule has 6 aromatic carbocycles. The van der Waals surface area contributed by atoms with Crippen LogP contribution in [0.2, 0.25) is 0 Å². The molecule has 0 aliphatic heterocycles. The fraction of sp³-hybridized carbons (Fsp3) is 0. The SMILES string of the molecule is c1ccc(-c2nc(-c3ccc4c5ccccc5c5ccccc5c4c3)cc(-c3nc(-c4ccccc4)nc(-c4cccnc4)n3)n2)cc1. The van der Waals surface area contributed by atoms with Gasteiger partial charge in [-0.1, -0.05) is 121 Å². The van der Waals surface area contributed by atoms with Crippen molar-refractivity contribution in [3.05, 3.63) is 158 Å². The highest BCUT2D eigenvalue weighted by atomic mass is 15.1. The molecule has 48 heavy (non-hydrogen) atoms. The van der Waals surface area contributed by atoms with Crippen LogP contribution in [0, 0.1) is 0 Å². The summed E-state index contributed by atoms with van der Waals surface area (Å²) in [4.78, 5) is 29.2. The van der Waals surface area contributed by atoms with Gasteiger partial charge in [0.15, 0.2) is 23.3 Å². The molecule has 0 N–H and O–H groups in total. The van der Waals surface area contributed by atoms with Gasteiger partial charge in [0, 0.05) is 34.6 Å². The third-order valence-electron chi connectivity index (χ3n) is 8.61. The second kappa shape index (κ2) is 11.6. The quantitative estimate of drug-likeness (QED) is 0.180. The topological polar surface area (TPSA) is 77.3 Å². The largest absolute Gasteiger partial charge is 0.264 e. The molecule has 0 saturated heterocycles. The minimum absolute atomic E-state index is 0.459. The summed E-state index contributed by atoms with van der Waals surface area (Å²) in [6.07, 6.45) is 3.50. The molecule has 9 rings (SSSR count). The van der Waals surface area contributed by atoms with E-state index in [2.05, 4.69) is 71.7 Å². The standard InChI is InChI=1S/C42H26N6/c1-3-12-27(13-4-1)39-44-37(29-21-22-35-33-19-8-7-17-31(33)32-18-9-10-20-34(32)36(35)24-29)25-38(45-39)42-47-40(28-14-5-2-6-15-28)46-41(48-42)30-16-11-23-43-26-30/h1-26H. The third kappa shape index (κ3) is 4.93. The number of aromatic nitrogens is 6. The second-order valence-corrected chi connectivity index (χ2v) is 11.6. The summed E-state index contributed by atoms with van der Waals surface area (Å²) in [7, 11) is 0. The Kier molecular flexibility index (Phi) is 6.68. The van der Waals surface area contributed by atoms with Gasteiger partial charge in [-0.05, 0) is 56.6 Å². The number of nitrogens with zero attached hydrogens (tertiary/aromatic N) is 6. The van der Waals surface area contributed by atoms with E-state index >= 15 is 0 Å². The maximum atomic E-state index is 5.12. The highest BCUT2D eigenvalue weighted by molar-refractivity contribution is 6.25. The normalized spacial score (nSPS) is 11.3. The van der Waals surface area contributed by atoms with Crippen molar-refractivity contribution in [2.75, 3.05) is 0 Å². The van der Waals surface area contributed by atoms with Crippen molar-refractivity contribution in [2.45, 2.75) is 0 Å². The Hall–Kier alpha value is -6.66. The molecule has 224 valence electrons. The average molecular weight is 615 g/mol. The molecule has 6 heteroatoms. The van der Waals surface area contributed by atoms with Crippen LogP contribution in [0.1, 0.15) is 0 Å². The van der Waals surface area contributed by atoms with Gasteiger partial charge < -0.3 is 0 Å². The lowest BCUT2D eigenvalue weighted by atomic mass is 9.93. The Balaban J connectivity index is 1.29. The zero-order valence-electron chi connectivity index (χ0n) is 25.7. The summed E-state index contributed by atoms with van der Waals surface area (Å²) < 4.78 is 0. The maximum Gasteiger partial charge on any atom is 0.182 e. The van der Waals surface area contributed by atoms with Crippen LogP contribution in [0.4, 0.5) is 0 Å². The summed E-state index contributed by atoms with van der Waals surface area (Å²) in [5.41, 5.74) is 4.95. The predicted molar refractivity (Wildman–Crippen MR) is 193 cm³/mol. The molecule has 3 aromatic heterocycles. The van der Waals surface area contributed by atoms with E-state index in [9.17, 15) is 0 Å². The number of pyridine rings is 1. The highest BCUT2D eigenvalue weighted by Crippen LogP contribution is 2.37. The molecule has 0 saturated carbocycles. The van der Waals surface area contributed by atoms with Gasteiger partial charge in [0.05, 0.1) is 5.69 Å². The van der Waals surface area contributed by atoms with Gasteiger partial charge in [0.25, 0.3) is 0 Å². The van der Waals surface area contributed by atoms with Crippen molar-refractivity contribution < 1.29 is 0 Å². The number of hydrogen-bond acceptors (Lipinski definition) is 6. The van der Waals surface area contributed by atoms with Gasteiger partial charge in [-0.2, -0.15) is 0 Å². The Morgan fingerprint density at radius 2 is 0.771 bits per heavy atom. The molecule has 0 spiro atoms. The summed E-state index contributed by atoms with van der Waals surface area (Å²) >= 11 is 0. The molecule has 0 bridgehead atoms. The molecule has 0 aliphatic carbocycles. The lowest BCUT2D eigenvalue weighted by Crippen LogP contribution is -2.03. The molecule has 0 unspecified atom stereocenters. The van der Waals surface area contributed by atoms with Crippen molar-refractivity contribution in [1.29, 1.82) is 0 Å². The van der Waals surface area contributed by atoms with Crippen molar-refractivity contribution >= 4 is 32.3 Å². The molecule has 0 radical (unpaired) electrons. The molecule has 0 fully saturated rings. The molecule has 0 aliphatic rings. The molecule has 0 amide bonds. The van der Waals surface area contributed by atoms with Crippen LogP contribution in [-0.4, -0.2) is 29.9 Å². The van der Waals surface area contributed by atoms with Crippen LogP contribution in [0.25, 0.3) is 89.3 Å². The Morgan fingerprint density at radius 1 is 0.292 bits per heavy atom. The van der Waals surface area contributed by atoms with Crippen LogP contribution in [0.3, 0.4) is 0 Å². The van der Waals surface area contributed by atoms with E-state index < -0.39 is 0 Å². The van der Waals surface area contributed by atoms with Gasteiger partial charge in [-0.25, -0.2) is 24.9 Å². The van der Waals surface area contributed by atoms with E-state index in [4.69, 9.17) is 24.9 Å². The highest BCUT2D eigenvalue weighted by Gasteiger charge is 2.17. The first-order valence-corrected chi connectivity index (χ1v) is 15.8. The Bertz CT molecular complexity index is 2510. The number of rotatable bonds is 5. The van der Waals surface area contributed by atoms with Crippen molar-refractivity contribution in [3.63, 3.8) is 0 Å². The van der Waals surface area contributed by atoms with Crippen LogP contribution >= 0.6 is 0 Å². The Labute approximate surface area is 276 Å². The van der Waals surface area contributed by atoms with E-state index in [1.807, 2.05) is 78.9 Å². The van der Waals surface area contributed by atoms with Gasteiger partial charge in [0.1, 0.15) is 5.69 Å². The van der Waals surface area contributed by atoms with Crippen molar-refractivity contribution in [2.24, 2.45) is 0 Å². The first kappa shape index (κ1) is 27.6. The van der Waals surface area contributed by atoms with E-state index in [-0.39, 0.29) is 0 Å². The summed E-state index contributed by atoms with van der Waals surface area (Å²) in [5.74, 6) is 2.14. The third-order valence-corrected chi connectivity index (χ3v) is 8.61. The molecule has 6 nitrogen and oxygen atoms in total. The monoisotopic (exact) mass is 614 g/mol.